The van der Waals surface area contributed by atoms with Crippen LogP contribution in [0.15, 0.2) is 12.1 Å². The first-order chi connectivity index (χ1) is 8.57. The fourth-order valence-corrected chi connectivity index (χ4v) is 2.17. The third kappa shape index (κ3) is 1.90. The van der Waals surface area contributed by atoms with Crippen LogP contribution in [0.2, 0.25) is 0 Å². The van der Waals surface area contributed by atoms with E-state index in [2.05, 4.69) is 0 Å². The number of carbonyl (C=O) groups excluding carboxylic acids is 1. The van der Waals surface area contributed by atoms with Crippen molar-refractivity contribution in [2.24, 2.45) is 5.73 Å². The molecule has 0 aliphatic heterocycles. The second-order valence-electron chi connectivity index (χ2n) is 4.55. The van der Waals surface area contributed by atoms with Gasteiger partial charge in [0.25, 0.3) is 0 Å². The molecule has 0 atom stereocenters. The molecular weight excluding hydrogens is 234 g/mol. The van der Waals surface area contributed by atoms with Crippen molar-refractivity contribution in [3.05, 3.63) is 23.3 Å². The molecule has 98 valence electrons. The van der Waals surface area contributed by atoms with E-state index in [9.17, 15) is 9.90 Å². The molecule has 3 N–H and O–H groups in total. The topological polar surface area (TPSA) is 81.8 Å². The maximum Gasteiger partial charge on any atom is 0.341 e. The third-order valence-electron chi connectivity index (χ3n) is 3.54. The predicted molar refractivity (Wildman–Crippen MR) is 66.0 cm³/mol. The van der Waals surface area contributed by atoms with Crippen molar-refractivity contribution < 1.29 is 19.4 Å². The number of rotatable bonds is 4. The second-order valence-corrected chi connectivity index (χ2v) is 4.55. The summed E-state index contributed by atoms with van der Waals surface area (Å²) in [7, 11) is 2.75. The van der Waals surface area contributed by atoms with Crippen LogP contribution in [-0.2, 0) is 10.2 Å². The number of carbonyl (C=O) groups is 1. The van der Waals surface area contributed by atoms with Crippen LogP contribution in [-0.4, -0.2) is 31.8 Å². The van der Waals surface area contributed by atoms with Crippen LogP contribution in [0, 0.1) is 0 Å². The summed E-state index contributed by atoms with van der Waals surface area (Å²) in [5, 5.41) is 10.0. The van der Waals surface area contributed by atoms with Crippen molar-refractivity contribution in [1.29, 1.82) is 0 Å². The summed E-state index contributed by atoms with van der Waals surface area (Å²) in [6, 6.07) is 3.07. The minimum absolute atomic E-state index is 0.113. The van der Waals surface area contributed by atoms with Gasteiger partial charge in [0.05, 0.1) is 14.2 Å². The van der Waals surface area contributed by atoms with E-state index in [0.717, 1.165) is 12.8 Å². The zero-order valence-corrected chi connectivity index (χ0v) is 10.5. The molecule has 1 aromatic carbocycles. The molecule has 0 unspecified atom stereocenters. The predicted octanol–water partition coefficient (Wildman–Crippen LogP) is 1.18. The van der Waals surface area contributed by atoms with Gasteiger partial charge in [-0.2, -0.15) is 0 Å². The van der Waals surface area contributed by atoms with E-state index >= 15 is 0 Å². The normalized spacial score (nSPS) is 16.2. The van der Waals surface area contributed by atoms with E-state index in [1.165, 1.54) is 20.3 Å². The molecule has 0 aromatic heterocycles. The van der Waals surface area contributed by atoms with Crippen LogP contribution in [0.25, 0.3) is 0 Å². The van der Waals surface area contributed by atoms with Gasteiger partial charge in [-0.3, -0.25) is 0 Å². The van der Waals surface area contributed by atoms with Crippen molar-refractivity contribution in [2.75, 3.05) is 20.8 Å². The van der Waals surface area contributed by atoms with Crippen LogP contribution >= 0.6 is 0 Å². The SMILES string of the molecule is COC(=O)c1cc(C2(CN)CC2)c(O)cc1OC. The average Bonchev–Trinajstić information content (AvgIpc) is 3.18. The lowest BCUT2D eigenvalue weighted by atomic mass is 9.93. The van der Waals surface area contributed by atoms with E-state index < -0.39 is 5.97 Å². The quantitative estimate of drug-likeness (QED) is 0.785. The summed E-state index contributed by atoms with van der Waals surface area (Å²) >= 11 is 0. The Labute approximate surface area is 106 Å². The summed E-state index contributed by atoms with van der Waals surface area (Å²) in [6.45, 7) is 0.452. The van der Waals surface area contributed by atoms with Gasteiger partial charge in [-0.05, 0) is 18.9 Å². The average molecular weight is 251 g/mol. The van der Waals surface area contributed by atoms with E-state index in [4.69, 9.17) is 15.2 Å². The van der Waals surface area contributed by atoms with Gasteiger partial charge in [0.2, 0.25) is 0 Å². The summed E-state index contributed by atoms with van der Waals surface area (Å²) in [4.78, 5) is 11.7. The number of aromatic hydroxyl groups is 1. The highest BCUT2D eigenvalue weighted by Gasteiger charge is 2.45. The smallest absolute Gasteiger partial charge is 0.341 e. The number of nitrogens with two attached hydrogens (primary N) is 1. The van der Waals surface area contributed by atoms with Crippen LogP contribution in [0.3, 0.4) is 0 Å². The summed E-state index contributed by atoms with van der Waals surface area (Å²) in [5.41, 5.74) is 6.56. The lowest BCUT2D eigenvalue weighted by Crippen LogP contribution is -2.20. The fourth-order valence-electron chi connectivity index (χ4n) is 2.17. The van der Waals surface area contributed by atoms with Gasteiger partial charge < -0.3 is 20.3 Å². The minimum Gasteiger partial charge on any atom is -0.508 e. The second kappa shape index (κ2) is 4.49. The van der Waals surface area contributed by atoms with Crippen molar-refractivity contribution >= 4 is 5.97 Å². The van der Waals surface area contributed by atoms with Gasteiger partial charge in [-0.15, -0.1) is 0 Å². The first-order valence-corrected chi connectivity index (χ1v) is 5.78. The summed E-state index contributed by atoms with van der Waals surface area (Å²) in [5.74, 6) is -0.0701. The molecular formula is C13H17NO4. The maximum atomic E-state index is 11.7. The zero-order valence-electron chi connectivity index (χ0n) is 10.5. The van der Waals surface area contributed by atoms with E-state index in [-0.39, 0.29) is 11.2 Å². The number of phenolic OH excluding ortho intramolecular Hbond substituents is 1. The summed E-state index contributed by atoms with van der Waals surface area (Å²) in [6.07, 6.45) is 1.84. The van der Waals surface area contributed by atoms with Gasteiger partial charge in [0, 0.05) is 23.6 Å². The van der Waals surface area contributed by atoms with E-state index in [1.807, 2.05) is 0 Å². The Bertz CT molecular complexity index is 480. The highest BCUT2D eigenvalue weighted by Crippen LogP contribution is 2.51. The Kier molecular flexibility index (Phi) is 3.17. The molecule has 5 nitrogen and oxygen atoms in total. The van der Waals surface area contributed by atoms with Crippen molar-refractivity contribution in [2.45, 2.75) is 18.3 Å². The van der Waals surface area contributed by atoms with Crippen LogP contribution in [0.1, 0.15) is 28.8 Å². The highest BCUT2D eigenvalue weighted by molar-refractivity contribution is 5.93. The molecule has 0 radical (unpaired) electrons. The molecule has 0 saturated heterocycles. The van der Waals surface area contributed by atoms with Crippen molar-refractivity contribution in [3.63, 3.8) is 0 Å². The van der Waals surface area contributed by atoms with Gasteiger partial charge in [0.1, 0.15) is 17.1 Å². The maximum absolute atomic E-state index is 11.7. The molecule has 1 aromatic rings. The lowest BCUT2D eigenvalue weighted by molar-refractivity contribution is 0.0597. The number of esters is 1. The first kappa shape index (κ1) is 12.7. The van der Waals surface area contributed by atoms with Crippen molar-refractivity contribution in [3.8, 4) is 11.5 Å². The fraction of sp³-hybridized carbons (Fsp3) is 0.462. The monoisotopic (exact) mass is 251 g/mol. The van der Waals surface area contributed by atoms with Gasteiger partial charge in [-0.1, -0.05) is 0 Å². The number of ether oxygens (including phenoxy) is 2. The molecule has 1 aliphatic rings. The molecule has 1 fully saturated rings. The first-order valence-electron chi connectivity index (χ1n) is 5.78. The molecule has 1 saturated carbocycles. The number of benzene rings is 1. The lowest BCUT2D eigenvalue weighted by Gasteiger charge is -2.17. The number of hydrogen-bond acceptors (Lipinski definition) is 5. The van der Waals surface area contributed by atoms with Crippen LogP contribution in [0.5, 0.6) is 11.5 Å². The number of methoxy groups -OCH3 is 2. The Balaban J connectivity index is 2.52. The number of hydrogen-bond donors (Lipinski definition) is 2. The summed E-state index contributed by atoms with van der Waals surface area (Å²) < 4.78 is 9.79. The third-order valence-corrected chi connectivity index (χ3v) is 3.54. The molecule has 0 amide bonds. The molecule has 1 aliphatic carbocycles. The largest absolute Gasteiger partial charge is 0.508 e. The Morgan fingerprint density at radius 2 is 2.11 bits per heavy atom. The standard InChI is InChI=1S/C13H17NO4/c1-17-11-6-10(15)9(13(7-14)3-4-13)5-8(11)12(16)18-2/h5-6,15H,3-4,7,14H2,1-2H3. The van der Waals surface area contributed by atoms with Gasteiger partial charge in [-0.25, -0.2) is 4.79 Å². The molecule has 5 heteroatoms. The Morgan fingerprint density at radius 1 is 1.44 bits per heavy atom. The van der Waals surface area contributed by atoms with Gasteiger partial charge >= 0.3 is 5.97 Å². The minimum atomic E-state index is -0.485. The number of phenols is 1. The van der Waals surface area contributed by atoms with E-state index in [0.29, 0.717) is 23.4 Å². The van der Waals surface area contributed by atoms with E-state index in [1.54, 1.807) is 6.07 Å². The molecule has 0 heterocycles. The molecule has 0 spiro atoms. The Morgan fingerprint density at radius 3 is 2.56 bits per heavy atom. The van der Waals surface area contributed by atoms with Gasteiger partial charge in [0.15, 0.2) is 0 Å². The highest BCUT2D eigenvalue weighted by atomic mass is 16.5. The molecule has 2 rings (SSSR count). The van der Waals surface area contributed by atoms with Crippen molar-refractivity contribution in [1.82, 2.24) is 0 Å². The zero-order chi connectivity index (χ0) is 13.3. The van der Waals surface area contributed by atoms with Crippen LogP contribution in [0.4, 0.5) is 0 Å². The van der Waals surface area contributed by atoms with Crippen LogP contribution < -0.4 is 10.5 Å². The molecule has 0 bridgehead atoms. The molecule has 18 heavy (non-hydrogen) atoms. The Hall–Kier alpha value is -1.75.